The molecule has 1 atom stereocenters. The number of nitrogens with zero attached hydrogens (tertiary/aromatic N) is 2. The quantitative estimate of drug-likeness (QED) is 0.766. The molecule has 1 aromatic rings. The van der Waals surface area contributed by atoms with Crippen molar-refractivity contribution in [3.8, 4) is 5.75 Å². The molecule has 7 heteroatoms. The third kappa shape index (κ3) is 4.57. The minimum absolute atomic E-state index is 0.0497. The standard InChI is InChI=1S/C19H28N2O4S/c1-20(17-8-12-26(23,24)14-17)9-7-19(22)21-10-5-15-3-4-18(25-2)13-16(15)6-11-21/h3-4,13,17H,5-12,14H2,1-2H3. The summed E-state index contributed by atoms with van der Waals surface area (Å²) in [4.78, 5) is 16.6. The van der Waals surface area contributed by atoms with Crippen molar-refractivity contribution in [2.24, 2.45) is 0 Å². The van der Waals surface area contributed by atoms with Gasteiger partial charge in [-0.3, -0.25) is 4.79 Å². The molecule has 26 heavy (non-hydrogen) atoms. The number of fused-ring (bicyclic) bond motifs is 1. The van der Waals surface area contributed by atoms with Crippen LogP contribution in [0.3, 0.4) is 0 Å². The van der Waals surface area contributed by atoms with Gasteiger partial charge in [0.1, 0.15) is 5.75 Å². The molecule has 2 aliphatic rings. The highest BCUT2D eigenvalue weighted by Gasteiger charge is 2.30. The van der Waals surface area contributed by atoms with E-state index in [0.29, 0.717) is 19.4 Å². The molecule has 144 valence electrons. The van der Waals surface area contributed by atoms with Crippen LogP contribution in [0.1, 0.15) is 24.0 Å². The largest absolute Gasteiger partial charge is 0.497 e. The molecule has 0 saturated carbocycles. The van der Waals surface area contributed by atoms with E-state index in [4.69, 9.17) is 4.74 Å². The Hall–Kier alpha value is -1.60. The molecule has 0 bridgehead atoms. The van der Waals surface area contributed by atoms with Gasteiger partial charge in [-0.1, -0.05) is 6.07 Å². The van der Waals surface area contributed by atoms with Gasteiger partial charge in [0.2, 0.25) is 5.91 Å². The fourth-order valence-electron chi connectivity index (χ4n) is 3.81. The molecule has 1 aromatic carbocycles. The number of hydrogen-bond acceptors (Lipinski definition) is 5. The molecule has 0 aromatic heterocycles. The van der Waals surface area contributed by atoms with E-state index in [0.717, 1.165) is 31.7 Å². The van der Waals surface area contributed by atoms with Gasteiger partial charge in [-0.2, -0.15) is 0 Å². The van der Waals surface area contributed by atoms with Gasteiger partial charge in [0.25, 0.3) is 0 Å². The summed E-state index contributed by atoms with van der Waals surface area (Å²) in [5.74, 6) is 1.50. The number of sulfone groups is 1. The lowest BCUT2D eigenvalue weighted by atomic mass is 10.0. The molecule has 1 unspecified atom stereocenters. The number of rotatable bonds is 5. The SMILES string of the molecule is COc1ccc2c(c1)CCN(C(=O)CCN(C)C1CCS(=O)(=O)C1)CC2. The van der Waals surface area contributed by atoms with Gasteiger partial charge in [-0.15, -0.1) is 0 Å². The van der Waals surface area contributed by atoms with Gasteiger partial charge >= 0.3 is 0 Å². The Labute approximate surface area is 156 Å². The van der Waals surface area contributed by atoms with Gasteiger partial charge in [-0.05, 0) is 49.6 Å². The molecule has 2 aliphatic heterocycles. The Bertz CT molecular complexity index is 763. The number of carbonyl (C=O) groups excluding carboxylic acids is 1. The highest BCUT2D eigenvalue weighted by molar-refractivity contribution is 7.91. The number of methoxy groups -OCH3 is 1. The van der Waals surface area contributed by atoms with Crippen LogP contribution in [0.15, 0.2) is 18.2 Å². The Morgan fingerprint density at radius 1 is 1.27 bits per heavy atom. The van der Waals surface area contributed by atoms with Gasteiger partial charge in [0, 0.05) is 32.1 Å². The Kier molecular flexibility index (Phi) is 5.87. The smallest absolute Gasteiger partial charge is 0.223 e. The van der Waals surface area contributed by atoms with Gasteiger partial charge in [0.15, 0.2) is 9.84 Å². The summed E-state index contributed by atoms with van der Waals surface area (Å²) in [6.45, 7) is 2.07. The number of benzene rings is 1. The first kappa shape index (κ1) is 19.2. The van der Waals surface area contributed by atoms with E-state index in [-0.39, 0.29) is 23.5 Å². The summed E-state index contributed by atoms with van der Waals surface area (Å²) in [6.07, 6.45) is 2.82. The molecule has 0 radical (unpaired) electrons. The van der Waals surface area contributed by atoms with Crippen LogP contribution in [0.25, 0.3) is 0 Å². The van der Waals surface area contributed by atoms with Crippen molar-refractivity contribution in [1.82, 2.24) is 9.80 Å². The van der Waals surface area contributed by atoms with E-state index in [1.807, 2.05) is 22.9 Å². The number of hydrogen-bond donors (Lipinski definition) is 0. The van der Waals surface area contributed by atoms with Crippen molar-refractivity contribution in [3.63, 3.8) is 0 Å². The lowest BCUT2D eigenvalue weighted by molar-refractivity contribution is -0.131. The summed E-state index contributed by atoms with van der Waals surface area (Å²) in [5.41, 5.74) is 2.54. The van der Waals surface area contributed by atoms with Crippen LogP contribution < -0.4 is 4.74 Å². The minimum Gasteiger partial charge on any atom is -0.497 e. The maximum atomic E-state index is 12.6. The average molecular weight is 381 g/mol. The molecule has 2 heterocycles. The normalized spacial score (nSPS) is 22.1. The number of amides is 1. The predicted octanol–water partition coefficient (Wildman–Crippen LogP) is 1.13. The summed E-state index contributed by atoms with van der Waals surface area (Å²) < 4.78 is 28.5. The van der Waals surface area contributed by atoms with Crippen molar-refractivity contribution in [3.05, 3.63) is 29.3 Å². The van der Waals surface area contributed by atoms with E-state index in [2.05, 4.69) is 12.1 Å². The summed E-state index contributed by atoms with van der Waals surface area (Å²) in [7, 11) is 0.699. The zero-order valence-electron chi connectivity index (χ0n) is 15.6. The van der Waals surface area contributed by atoms with Crippen LogP contribution >= 0.6 is 0 Å². The van der Waals surface area contributed by atoms with E-state index in [9.17, 15) is 13.2 Å². The number of ether oxygens (including phenoxy) is 1. The first-order valence-electron chi connectivity index (χ1n) is 9.22. The van der Waals surface area contributed by atoms with Crippen LogP contribution in [-0.4, -0.2) is 75.5 Å². The van der Waals surface area contributed by atoms with Crippen LogP contribution in [0.4, 0.5) is 0 Å². The van der Waals surface area contributed by atoms with E-state index >= 15 is 0 Å². The fourth-order valence-corrected chi connectivity index (χ4v) is 5.62. The first-order valence-corrected chi connectivity index (χ1v) is 11.0. The second kappa shape index (κ2) is 7.96. The molecule has 6 nitrogen and oxygen atoms in total. The van der Waals surface area contributed by atoms with Crippen molar-refractivity contribution in [2.45, 2.75) is 31.7 Å². The molecule has 0 aliphatic carbocycles. The van der Waals surface area contributed by atoms with Crippen LogP contribution in [0.5, 0.6) is 5.75 Å². The minimum atomic E-state index is -2.89. The van der Waals surface area contributed by atoms with E-state index in [1.54, 1.807) is 7.11 Å². The lowest BCUT2D eigenvalue weighted by Gasteiger charge is -2.25. The average Bonchev–Trinajstić information content (AvgIpc) is 2.86. The third-order valence-corrected chi connectivity index (χ3v) is 7.33. The molecule has 3 rings (SSSR count). The molecule has 0 spiro atoms. The van der Waals surface area contributed by atoms with Crippen molar-refractivity contribution in [1.29, 1.82) is 0 Å². The second-order valence-electron chi connectivity index (χ2n) is 7.30. The topological polar surface area (TPSA) is 66.9 Å². The predicted molar refractivity (Wildman–Crippen MR) is 101 cm³/mol. The Morgan fingerprint density at radius 3 is 2.65 bits per heavy atom. The summed E-state index contributed by atoms with van der Waals surface area (Å²) in [5, 5.41) is 0. The highest BCUT2D eigenvalue weighted by Crippen LogP contribution is 2.22. The van der Waals surface area contributed by atoms with Crippen molar-refractivity contribution >= 4 is 15.7 Å². The molecule has 1 saturated heterocycles. The first-order chi connectivity index (χ1) is 12.4. The lowest BCUT2D eigenvalue weighted by Crippen LogP contribution is -2.38. The van der Waals surface area contributed by atoms with E-state index in [1.165, 1.54) is 11.1 Å². The molecule has 1 amide bonds. The van der Waals surface area contributed by atoms with E-state index < -0.39 is 9.84 Å². The maximum Gasteiger partial charge on any atom is 0.223 e. The third-order valence-electron chi connectivity index (χ3n) is 5.58. The monoisotopic (exact) mass is 380 g/mol. The van der Waals surface area contributed by atoms with Gasteiger partial charge in [-0.25, -0.2) is 8.42 Å². The van der Waals surface area contributed by atoms with Gasteiger partial charge in [0.05, 0.1) is 18.6 Å². The molecule has 1 fully saturated rings. The molecular formula is C19H28N2O4S. The Morgan fingerprint density at radius 2 is 2.00 bits per heavy atom. The van der Waals surface area contributed by atoms with Crippen LogP contribution in [0, 0.1) is 0 Å². The van der Waals surface area contributed by atoms with Crippen molar-refractivity contribution in [2.75, 3.05) is 45.3 Å². The Balaban J connectivity index is 1.51. The zero-order valence-corrected chi connectivity index (χ0v) is 16.4. The number of carbonyl (C=O) groups is 1. The second-order valence-corrected chi connectivity index (χ2v) is 9.53. The van der Waals surface area contributed by atoms with Crippen molar-refractivity contribution < 1.29 is 17.9 Å². The van der Waals surface area contributed by atoms with Crippen LogP contribution in [-0.2, 0) is 27.5 Å². The molecular weight excluding hydrogens is 352 g/mol. The summed E-state index contributed by atoms with van der Waals surface area (Å²) >= 11 is 0. The zero-order chi connectivity index (χ0) is 18.7. The highest BCUT2D eigenvalue weighted by atomic mass is 32.2. The van der Waals surface area contributed by atoms with Crippen LogP contribution in [0.2, 0.25) is 0 Å². The fraction of sp³-hybridized carbons (Fsp3) is 0.632. The summed E-state index contributed by atoms with van der Waals surface area (Å²) in [6, 6.07) is 6.18. The maximum absolute atomic E-state index is 12.6. The van der Waals surface area contributed by atoms with Gasteiger partial charge < -0.3 is 14.5 Å². The molecule has 0 N–H and O–H groups in total.